The molecule has 1 fully saturated rings. The van der Waals surface area contributed by atoms with Crippen molar-refractivity contribution < 1.29 is 9.53 Å². The molecule has 3 aromatic rings. The third-order valence-electron chi connectivity index (χ3n) is 4.74. The van der Waals surface area contributed by atoms with E-state index in [0.29, 0.717) is 23.9 Å². The molecule has 1 saturated heterocycles. The van der Waals surface area contributed by atoms with Crippen molar-refractivity contribution in [1.82, 2.24) is 14.9 Å². The summed E-state index contributed by atoms with van der Waals surface area (Å²) < 4.78 is 7.69. The van der Waals surface area contributed by atoms with Crippen molar-refractivity contribution in [2.24, 2.45) is 0 Å². The van der Waals surface area contributed by atoms with Gasteiger partial charge in [-0.05, 0) is 36.6 Å². The van der Waals surface area contributed by atoms with Crippen molar-refractivity contribution in [2.75, 3.05) is 18.9 Å². The van der Waals surface area contributed by atoms with E-state index < -0.39 is 0 Å². The zero-order valence-electron chi connectivity index (χ0n) is 15.4. The van der Waals surface area contributed by atoms with Gasteiger partial charge in [0.05, 0.1) is 29.4 Å². The molecular weight excluding hydrogens is 394 g/mol. The predicted molar refractivity (Wildman–Crippen MR) is 113 cm³/mol. The van der Waals surface area contributed by atoms with Crippen LogP contribution in [0.1, 0.15) is 18.4 Å². The van der Waals surface area contributed by atoms with E-state index in [0.717, 1.165) is 35.6 Å². The Labute approximate surface area is 173 Å². The zero-order valence-corrected chi connectivity index (χ0v) is 17.0. The molecule has 1 aliphatic rings. The average molecular weight is 416 g/mol. The van der Waals surface area contributed by atoms with Gasteiger partial charge in [0.15, 0.2) is 5.16 Å². The molecule has 1 N–H and O–H groups in total. The average Bonchev–Trinajstić information content (AvgIpc) is 3.33. The van der Waals surface area contributed by atoms with Gasteiger partial charge in [-0.3, -0.25) is 4.79 Å². The number of ether oxygens (including phenoxy) is 1. The Hall–Kier alpha value is -2.02. The second-order valence-electron chi connectivity index (χ2n) is 6.83. The molecule has 146 valence electrons. The molecule has 0 saturated carbocycles. The van der Waals surface area contributed by atoms with E-state index in [4.69, 9.17) is 21.3 Å². The maximum absolute atomic E-state index is 12.3. The lowest BCUT2D eigenvalue weighted by Crippen LogP contribution is -2.32. The molecule has 5 nitrogen and oxygen atoms in total. The van der Waals surface area contributed by atoms with Crippen molar-refractivity contribution in [3.63, 3.8) is 0 Å². The van der Waals surface area contributed by atoms with Crippen LogP contribution in [0.5, 0.6) is 0 Å². The van der Waals surface area contributed by atoms with Gasteiger partial charge in [0.25, 0.3) is 0 Å². The smallest absolute Gasteiger partial charge is 0.230 e. The van der Waals surface area contributed by atoms with Gasteiger partial charge in [-0.25, -0.2) is 4.98 Å². The Balaban J connectivity index is 1.48. The summed E-state index contributed by atoms with van der Waals surface area (Å²) in [5.41, 5.74) is 3.03. The number of benzene rings is 2. The molecule has 1 amide bonds. The van der Waals surface area contributed by atoms with Crippen LogP contribution >= 0.6 is 23.4 Å². The van der Waals surface area contributed by atoms with E-state index in [-0.39, 0.29) is 12.0 Å². The summed E-state index contributed by atoms with van der Waals surface area (Å²) in [6.07, 6.45) is 2.24. The lowest BCUT2D eigenvalue weighted by molar-refractivity contribution is -0.119. The van der Waals surface area contributed by atoms with Crippen LogP contribution in [0.2, 0.25) is 5.02 Å². The molecule has 28 heavy (non-hydrogen) atoms. The van der Waals surface area contributed by atoms with Gasteiger partial charge in [0, 0.05) is 18.2 Å². The minimum atomic E-state index is -0.00292. The second kappa shape index (κ2) is 8.99. The van der Waals surface area contributed by atoms with Crippen LogP contribution < -0.4 is 5.32 Å². The van der Waals surface area contributed by atoms with Crippen molar-refractivity contribution in [2.45, 2.75) is 30.6 Å². The number of rotatable bonds is 7. The largest absolute Gasteiger partial charge is 0.376 e. The number of halogens is 1. The summed E-state index contributed by atoms with van der Waals surface area (Å²) in [6.45, 7) is 2.07. The maximum atomic E-state index is 12.3. The van der Waals surface area contributed by atoms with Crippen molar-refractivity contribution in [3.05, 3.63) is 59.1 Å². The Bertz CT molecular complexity index is 955. The van der Waals surface area contributed by atoms with Crippen LogP contribution in [0, 0.1) is 0 Å². The predicted octanol–water partition coefficient (Wildman–Crippen LogP) is 4.13. The number of nitrogens with one attached hydrogen (secondary N) is 1. The quantitative estimate of drug-likeness (QED) is 0.589. The number of thioether (sulfide) groups is 1. The molecule has 0 aliphatic carbocycles. The van der Waals surface area contributed by atoms with Gasteiger partial charge >= 0.3 is 0 Å². The van der Waals surface area contributed by atoms with Crippen LogP contribution in [-0.4, -0.2) is 40.5 Å². The van der Waals surface area contributed by atoms with Crippen LogP contribution in [0.4, 0.5) is 0 Å². The first-order valence-corrected chi connectivity index (χ1v) is 10.8. The molecule has 1 aliphatic heterocycles. The number of hydrogen-bond acceptors (Lipinski definition) is 4. The maximum Gasteiger partial charge on any atom is 0.230 e. The topological polar surface area (TPSA) is 56.2 Å². The number of imidazole rings is 1. The Morgan fingerprint density at radius 1 is 1.29 bits per heavy atom. The summed E-state index contributed by atoms with van der Waals surface area (Å²) in [5.74, 6) is 0.315. The Morgan fingerprint density at radius 2 is 2.14 bits per heavy atom. The molecule has 2 aromatic carbocycles. The fourth-order valence-corrected chi connectivity index (χ4v) is 4.33. The first-order valence-electron chi connectivity index (χ1n) is 9.40. The van der Waals surface area contributed by atoms with E-state index >= 15 is 0 Å². The number of carbonyl (C=O) groups excluding carboxylic acids is 1. The van der Waals surface area contributed by atoms with Gasteiger partial charge in [-0.15, -0.1) is 0 Å². The van der Waals surface area contributed by atoms with Crippen molar-refractivity contribution in [1.29, 1.82) is 0 Å². The third-order valence-corrected chi connectivity index (χ3v) is 5.95. The lowest BCUT2D eigenvalue weighted by Gasteiger charge is -2.11. The van der Waals surface area contributed by atoms with Gasteiger partial charge in [-0.2, -0.15) is 0 Å². The first kappa shape index (κ1) is 19.3. The second-order valence-corrected chi connectivity index (χ2v) is 8.21. The molecule has 7 heteroatoms. The number of carbonyl (C=O) groups is 1. The molecule has 1 atom stereocenters. The minimum Gasteiger partial charge on any atom is -0.376 e. The van der Waals surface area contributed by atoms with E-state index in [1.807, 2.05) is 36.4 Å². The third kappa shape index (κ3) is 4.69. The highest BCUT2D eigenvalue weighted by molar-refractivity contribution is 7.99. The molecule has 1 aromatic heterocycles. The SMILES string of the molecule is O=C(CSc1nc2cc(Cl)ccc2n1Cc1ccccc1)NC[C@H]1CCCO1. The number of fused-ring (bicyclic) bond motifs is 1. The van der Waals surface area contributed by atoms with Crippen molar-refractivity contribution in [3.8, 4) is 0 Å². The molecular formula is C21H22ClN3O2S. The molecule has 0 unspecified atom stereocenters. The highest BCUT2D eigenvalue weighted by Gasteiger charge is 2.17. The van der Waals surface area contributed by atoms with E-state index in [1.165, 1.54) is 17.3 Å². The highest BCUT2D eigenvalue weighted by atomic mass is 35.5. The lowest BCUT2D eigenvalue weighted by atomic mass is 10.2. The van der Waals surface area contributed by atoms with Gasteiger partial charge in [-0.1, -0.05) is 53.7 Å². The number of aromatic nitrogens is 2. The monoisotopic (exact) mass is 415 g/mol. The Kier molecular flexibility index (Phi) is 6.20. The van der Waals surface area contributed by atoms with E-state index in [2.05, 4.69) is 22.0 Å². The van der Waals surface area contributed by atoms with E-state index in [9.17, 15) is 4.79 Å². The van der Waals surface area contributed by atoms with Gasteiger partial charge in [0.1, 0.15) is 0 Å². The standard InChI is InChI=1S/C21H22ClN3O2S/c22-16-8-9-19-18(11-16)24-21(25(19)13-15-5-2-1-3-6-15)28-14-20(26)23-12-17-7-4-10-27-17/h1-3,5-6,8-9,11,17H,4,7,10,12-14H2,(H,23,26)/t17-/m1/s1. The summed E-state index contributed by atoms with van der Waals surface area (Å²) in [7, 11) is 0. The van der Waals surface area contributed by atoms with Crippen LogP contribution in [-0.2, 0) is 16.1 Å². The molecule has 0 bridgehead atoms. The van der Waals surface area contributed by atoms with Crippen molar-refractivity contribution >= 4 is 40.3 Å². The highest BCUT2D eigenvalue weighted by Crippen LogP contribution is 2.27. The molecule has 2 heterocycles. The van der Waals surface area contributed by atoms with Crippen LogP contribution in [0.25, 0.3) is 11.0 Å². The minimum absolute atomic E-state index is 0.00292. The molecule has 0 spiro atoms. The normalized spacial score (nSPS) is 16.5. The number of nitrogens with zero attached hydrogens (tertiary/aromatic N) is 2. The van der Waals surface area contributed by atoms with Crippen LogP contribution in [0.3, 0.4) is 0 Å². The fourth-order valence-electron chi connectivity index (χ4n) is 3.32. The van der Waals surface area contributed by atoms with E-state index in [1.54, 1.807) is 0 Å². The zero-order chi connectivity index (χ0) is 19.3. The Morgan fingerprint density at radius 3 is 2.93 bits per heavy atom. The summed E-state index contributed by atoms with van der Waals surface area (Å²) in [6, 6.07) is 15.9. The first-order chi connectivity index (χ1) is 13.7. The van der Waals surface area contributed by atoms with Gasteiger partial charge < -0.3 is 14.6 Å². The fraction of sp³-hybridized carbons (Fsp3) is 0.333. The molecule has 0 radical (unpaired) electrons. The van der Waals surface area contributed by atoms with Crippen LogP contribution in [0.15, 0.2) is 53.7 Å². The number of amides is 1. The number of hydrogen-bond donors (Lipinski definition) is 1. The summed E-state index contributed by atoms with van der Waals surface area (Å²) >= 11 is 7.58. The summed E-state index contributed by atoms with van der Waals surface area (Å²) in [4.78, 5) is 17.0. The molecule has 4 rings (SSSR count). The summed E-state index contributed by atoms with van der Waals surface area (Å²) in [5, 5.41) is 4.43. The van der Waals surface area contributed by atoms with Gasteiger partial charge in [0.2, 0.25) is 5.91 Å².